The zero-order valence-electron chi connectivity index (χ0n) is 18.1. The van der Waals surface area contributed by atoms with Gasteiger partial charge in [0.05, 0.1) is 18.5 Å². The van der Waals surface area contributed by atoms with Gasteiger partial charge < -0.3 is 24.7 Å². The summed E-state index contributed by atoms with van der Waals surface area (Å²) in [4.78, 5) is 26.4. The van der Waals surface area contributed by atoms with E-state index in [-0.39, 0.29) is 0 Å². The molecule has 1 atom stereocenters. The fraction of sp³-hybridized carbons (Fsp3) is 0.304. The van der Waals surface area contributed by atoms with E-state index < -0.39 is 11.9 Å². The molecule has 2 N–H and O–H groups in total. The number of hydrogen-bond acceptors (Lipinski definition) is 6. The Morgan fingerprint density at radius 3 is 2.26 bits per heavy atom. The van der Waals surface area contributed by atoms with Gasteiger partial charge in [-0.25, -0.2) is 9.59 Å². The van der Waals surface area contributed by atoms with E-state index in [2.05, 4.69) is 67.2 Å². The summed E-state index contributed by atoms with van der Waals surface area (Å²) >= 11 is 1.84. The summed E-state index contributed by atoms with van der Waals surface area (Å²) in [6, 6.07) is 15.0. The lowest BCUT2D eigenvalue weighted by molar-refractivity contribution is -0.134. The minimum atomic E-state index is -1.26. The molecule has 0 saturated heterocycles. The first kappa shape index (κ1) is 24.3. The van der Waals surface area contributed by atoms with Gasteiger partial charge in [0, 0.05) is 41.1 Å². The highest BCUT2D eigenvalue weighted by atomic mass is 32.2. The Labute approximate surface area is 186 Å². The van der Waals surface area contributed by atoms with Crippen molar-refractivity contribution in [2.24, 2.45) is 5.92 Å². The molecule has 0 bridgehead atoms. The largest absolute Gasteiger partial charge is 0.497 e. The smallest absolute Gasteiger partial charge is 0.328 e. The van der Waals surface area contributed by atoms with Crippen molar-refractivity contribution in [1.82, 2.24) is 4.90 Å². The first-order valence-electron chi connectivity index (χ1n) is 9.72. The first-order valence-corrected chi connectivity index (χ1v) is 10.5. The number of rotatable bonds is 7. The molecule has 0 unspecified atom stereocenters. The highest BCUT2D eigenvalue weighted by Gasteiger charge is 2.25. The molecular weight excluding hydrogens is 416 g/mol. The Balaban J connectivity index is 0.000000366. The highest BCUT2D eigenvalue weighted by Crippen LogP contribution is 2.49. The molecule has 0 radical (unpaired) electrons. The third-order valence-corrected chi connectivity index (χ3v) is 5.50. The Hall–Kier alpha value is -2.97. The lowest BCUT2D eigenvalue weighted by Crippen LogP contribution is -2.31. The minimum Gasteiger partial charge on any atom is -0.497 e. The van der Waals surface area contributed by atoms with Crippen molar-refractivity contribution in [2.75, 3.05) is 39.2 Å². The summed E-state index contributed by atoms with van der Waals surface area (Å²) in [7, 11) is 5.99. The number of benzene rings is 2. The number of hydrogen-bond donors (Lipinski definition) is 2. The third kappa shape index (κ3) is 7.34. The molecule has 3 rings (SSSR count). The van der Waals surface area contributed by atoms with E-state index in [1.807, 2.05) is 17.8 Å². The summed E-state index contributed by atoms with van der Waals surface area (Å²) in [5.41, 5.74) is 2.54. The number of para-hydroxylation sites is 1. The number of anilines is 2. The number of methoxy groups -OCH3 is 1. The maximum atomic E-state index is 9.55. The van der Waals surface area contributed by atoms with E-state index in [1.54, 1.807) is 7.11 Å². The quantitative estimate of drug-likeness (QED) is 0.614. The molecule has 0 fully saturated rings. The van der Waals surface area contributed by atoms with Crippen LogP contribution < -0.4 is 9.64 Å². The van der Waals surface area contributed by atoms with Crippen LogP contribution in [-0.4, -0.2) is 61.3 Å². The fourth-order valence-corrected chi connectivity index (χ4v) is 4.34. The van der Waals surface area contributed by atoms with Gasteiger partial charge in [0.15, 0.2) is 0 Å². The van der Waals surface area contributed by atoms with Crippen molar-refractivity contribution in [3.8, 4) is 5.75 Å². The summed E-state index contributed by atoms with van der Waals surface area (Å²) in [5, 5.41) is 15.6. The van der Waals surface area contributed by atoms with Crippen molar-refractivity contribution in [3.05, 3.63) is 54.6 Å². The number of carbonyl (C=O) groups is 2. The molecule has 0 amide bonds. The van der Waals surface area contributed by atoms with Gasteiger partial charge in [0.2, 0.25) is 0 Å². The second-order valence-corrected chi connectivity index (χ2v) is 8.48. The topological polar surface area (TPSA) is 90.3 Å². The molecule has 166 valence electrons. The van der Waals surface area contributed by atoms with E-state index in [0.29, 0.717) is 18.1 Å². The Bertz CT molecular complexity index is 929. The standard InChI is InChI=1S/C19H24N2OS.C4H4O4/c1-14(12-20(2)3)13-21-16-7-5-6-8-18(16)23-19-10-9-15(22-4)11-17(19)21;5-3(6)1-2-4(7)8/h5-11,14H,12-13H2,1-4H3;1-2H,(H,5,6)(H,7,8)/b;2-1-/t14-;/m0./s1. The Morgan fingerprint density at radius 2 is 1.68 bits per heavy atom. The average Bonchev–Trinajstić information content (AvgIpc) is 2.71. The molecule has 1 aliphatic rings. The number of carboxylic acids is 2. The molecule has 8 heteroatoms. The maximum Gasteiger partial charge on any atom is 0.328 e. The SMILES string of the molecule is COc1ccc2c(c1)N(C[C@@H](C)CN(C)C)c1ccccc1S2.O=C(O)/C=C\C(=O)O. The number of ether oxygens (including phenoxy) is 1. The van der Waals surface area contributed by atoms with Gasteiger partial charge >= 0.3 is 11.9 Å². The highest BCUT2D eigenvalue weighted by molar-refractivity contribution is 7.99. The van der Waals surface area contributed by atoms with Crippen LogP contribution in [0.2, 0.25) is 0 Å². The van der Waals surface area contributed by atoms with Crippen molar-refractivity contribution in [3.63, 3.8) is 0 Å². The van der Waals surface area contributed by atoms with Crippen LogP contribution in [0.5, 0.6) is 5.75 Å². The molecule has 0 spiro atoms. The first-order chi connectivity index (χ1) is 14.7. The van der Waals surface area contributed by atoms with Gasteiger partial charge in [-0.2, -0.15) is 0 Å². The molecular formula is C23H28N2O5S. The third-order valence-electron chi connectivity index (χ3n) is 4.37. The fourth-order valence-electron chi connectivity index (χ4n) is 3.27. The van der Waals surface area contributed by atoms with Crippen LogP contribution in [0, 0.1) is 5.92 Å². The molecule has 31 heavy (non-hydrogen) atoms. The predicted molar refractivity (Wildman–Crippen MR) is 123 cm³/mol. The second-order valence-electron chi connectivity index (χ2n) is 7.39. The van der Waals surface area contributed by atoms with Crippen molar-refractivity contribution >= 4 is 35.1 Å². The maximum absolute atomic E-state index is 9.55. The molecule has 2 aromatic rings. The van der Waals surface area contributed by atoms with Gasteiger partial charge in [-0.3, -0.25) is 0 Å². The molecule has 2 aromatic carbocycles. The molecule has 7 nitrogen and oxygen atoms in total. The van der Waals surface area contributed by atoms with Crippen LogP contribution in [0.3, 0.4) is 0 Å². The number of carboxylic acid groups (broad SMARTS) is 2. The van der Waals surface area contributed by atoms with Crippen LogP contribution in [0.15, 0.2) is 64.4 Å². The van der Waals surface area contributed by atoms with E-state index in [1.165, 1.54) is 21.2 Å². The van der Waals surface area contributed by atoms with E-state index in [4.69, 9.17) is 14.9 Å². The minimum absolute atomic E-state index is 0.558. The molecule has 1 aliphatic heterocycles. The van der Waals surface area contributed by atoms with Gasteiger partial charge in [0.25, 0.3) is 0 Å². The van der Waals surface area contributed by atoms with Crippen LogP contribution in [0.25, 0.3) is 0 Å². The number of aliphatic carboxylic acids is 2. The zero-order chi connectivity index (χ0) is 23.0. The van der Waals surface area contributed by atoms with Crippen LogP contribution in [0.4, 0.5) is 11.4 Å². The van der Waals surface area contributed by atoms with Gasteiger partial charge in [-0.1, -0.05) is 30.8 Å². The van der Waals surface area contributed by atoms with E-state index >= 15 is 0 Å². The molecule has 1 heterocycles. The van der Waals surface area contributed by atoms with E-state index in [0.717, 1.165) is 18.8 Å². The van der Waals surface area contributed by atoms with Crippen LogP contribution >= 0.6 is 11.8 Å². The monoisotopic (exact) mass is 444 g/mol. The zero-order valence-corrected chi connectivity index (χ0v) is 18.9. The summed E-state index contributed by atoms with van der Waals surface area (Å²) < 4.78 is 5.44. The van der Waals surface area contributed by atoms with Crippen molar-refractivity contribution in [2.45, 2.75) is 16.7 Å². The van der Waals surface area contributed by atoms with Gasteiger partial charge in [-0.05, 0) is 44.3 Å². The average molecular weight is 445 g/mol. The Kier molecular flexibility index (Phi) is 8.96. The summed E-state index contributed by atoms with van der Waals surface area (Å²) in [6.45, 7) is 4.38. The van der Waals surface area contributed by atoms with Gasteiger partial charge in [-0.15, -0.1) is 0 Å². The van der Waals surface area contributed by atoms with Crippen molar-refractivity contribution < 1.29 is 24.5 Å². The summed E-state index contributed by atoms with van der Waals surface area (Å²) in [6.07, 6.45) is 1.12. The second kappa shape index (κ2) is 11.4. The van der Waals surface area contributed by atoms with Crippen LogP contribution in [-0.2, 0) is 9.59 Å². The Morgan fingerprint density at radius 1 is 1.06 bits per heavy atom. The number of nitrogens with zero attached hydrogens (tertiary/aromatic N) is 2. The van der Waals surface area contributed by atoms with E-state index in [9.17, 15) is 9.59 Å². The lowest BCUT2D eigenvalue weighted by Gasteiger charge is -2.35. The predicted octanol–water partition coefficient (Wildman–Crippen LogP) is 4.21. The molecule has 0 aromatic heterocycles. The summed E-state index contributed by atoms with van der Waals surface area (Å²) in [5.74, 6) is -1.03. The normalized spacial score (nSPS) is 13.1. The van der Waals surface area contributed by atoms with Crippen LogP contribution in [0.1, 0.15) is 6.92 Å². The number of fused-ring (bicyclic) bond motifs is 2. The molecule has 0 aliphatic carbocycles. The lowest BCUT2D eigenvalue weighted by atomic mass is 10.1. The van der Waals surface area contributed by atoms with Crippen molar-refractivity contribution in [1.29, 1.82) is 0 Å². The van der Waals surface area contributed by atoms with Gasteiger partial charge in [0.1, 0.15) is 5.75 Å². The molecule has 0 saturated carbocycles.